The zero-order chi connectivity index (χ0) is 14.8. The first kappa shape index (κ1) is 15.1. The van der Waals surface area contributed by atoms with Crippen LogP contribution >= 0.6 is 11.3 Å². The van der Waals surface area contributed by atoms with E-state index in [1.165, 1.54) is 17.4 Å². The summed E-state index contributed by atoms with van der Waals surface area (Å²) >= 11 is 1.40. The smallest absolute Gasteiger partial charge is 0.241 e. The van der Waals surface area contributed by atoms with Crippen LogP contribution in [0, 0.1) is 13.8 Å². The molecule has 0 atom stereocenters. The topological polar surface area (TPSA) is 79.3 Å². The Balaban J connectivity index is 2.29. The Morgan fingerprint density at radius 2 is 2.05 bits per heavy atom. The fraction of sp³-hybridized carbons (Fsp3) is 0.308. The average molecular weight is 312 g/mol. The molecule has 0 aliphatic heterocycles. The van der Waals surface area contributed by atoms with Crippen LogP contribution in [0.1, 0.15) is 21.6 Å². The highest BCUT2D eigenvalue weighted by Crippen LogP contribution is 2.21. The van der Waals surface area contributed by atoms with Gasteiger partial charge in [-0.1, -0.05) is 6.07 Å². The molecule has 1 aromatic heterocycles. The van der Waals surface area contributed by atoms with Gasteiger partial charge in [0.05, 0.1) is 17.0 Å². The summed E-state index contributed by atoms with van der Waals surface area (Å²) in [5.74, 6) is 0. The number of nitrogens with one attached hydrogen (secondary N) is 1. The van der Waals surface area contributed by atoms with Gasteiger partial charge in [0.25, 0.3) is 0 Å². The van der Waals surface area contributed by atoms with Crippen LogP contribution in [0.15, 0.2) is 28.7 Å². The Bertz CT molecular complexity index is 695. The number of thiazole rings is 1. The van der Waals surface area contributed by atoms with Crippen molar-refractivity contribution in [3.8, 4) is 0 Å². The predicted molar refractivity (Wildman–Crippen MR) is 78.0 cm³/mol. The Morgan fingerprint density at radius 1 is 1.30 bits per heavy atom. The van der Waals surface area contributed by atoms with E-state index in [0.29, 0.717) is 11.1 Å². The molecule has 1 aromatic carbocycles. The molecule has 2 rings (SSSR count). The Labute approximate surface area is 122 Å². The molecule has 0 unspecified atom stereocenters. The van der Waals surface area contributed by atoms with Crippen molar-refractivity contribution in [3.05, 3.63) is 45.4 Å². The molecule has 1 heterocycles. The van der Waals surface area contributed by atoms with Crippen molar-refractivity contribution in [1.29, 1.82) is 0 Å². The fourth-order valence-corrected chi connectivity index (χ4v) is 3.81. The molecule has 2 aromatic rings. The first-order chi connectivity index (χ1) is 9.44. The van der Waals surface area contributed by atoms with Crippen LogP contribution < -0.4 is 4.72 Å². The largest absolute Gasteiger partial charge is 0.392 e. The Morgan fingerprint density at radius 3 is 2.65 bits per heavy atom. The molecule has 0 aliphatic rings. The van der Waals surface area contributed by atoms with E-state index in [2.05, 4.69) is 9.71 Å². The predicted octanol–water partition coefficient (Wildman–Crippen LogP) is 1.73. The van der Waals surface area contributed by atoms with Gasteiger partial charge in [-0.25, -0.2) is 13.1 Å². The van der Waals surface area contributed by atoms with E-state index < -0.39 is 10.0 Å². The minimum atomic E-state index is -3.60. The van der Waals surface area contributed by atoms with Gasteiger partial charge in [0, 0.05) is 17.6 Å². The maximum absolute atomic E-state index is 12.3. The van der Waals surface area contributed by atoms with Gasteiger partial charge in [0.2, 0.25) is 10.0 Å². The van der Waals surface area contributed by atoms with Crippen LogP contribution in [0.5, 0.6) is 0 Å². The molecule has 0 aliphatic carbocycles. The minimum absolute atomic E-state index is 0.177. The number of aromatic nitrogens is 1. The van der Waals surface area contributed by atoms with Gasteiger partial charge >= 0.3 is 0 Å². The highest BCUT2D eigenvalue weighted by molar-refractivity contribution is 7.89. The molecule has 0 saturated heterocycles. The monoisotopic (exact) mass is 312 g/mol. The van der Waals surface area contributed by atoms with Gasteiger partial charge in [-0.05, 0) is 36.6 Å². The molecule has 0 amide bonds. The highest BCUT2D eigenvalue weighted by atomic mass is 32.2. The zero-order valence-electron chi connectivity index (χ0n) is 11.3. The third-order valence-corrected chi connectivity index (χ3v) is 5.34. The maximum atomic E-state index is 12.3. The lowest BCUT2D eigenvalue weighted by Crippen LogP contribution is -2.24. The molecular weight excluding hydrogens is 296 g/mol. The van der Waals surface area contributed by atoms with E-state index in [9.17, 15) is 13.5 Å². The van der Waals surface area contributed by atoms with Gasteiger partial charge in [0.1, 0.15) is 0 Å². The summed E-state index contributed by atoms with van der Waals surface area (Å²) < 4.78 is 27.2. The average Bonchev–Trinajstić information content (AvgIpc) is 2.89. The van der Waals surface area contributed by atoms with Gasteiger partial charge in [-0.3, -0.25) is 4.98 Å². The van der Waals surface area contributed by atoms with Crippen LogP contribution in [-0.4, -0.2) is 18.5 Å². The maximum Gasteiger partial charge on any atom is 0.241 e. The number of hydrogen-bond donors (Lipinski definition) is 2. The SMILES string of the molecule is Cc1cc(C)c(S(=O)(=O)NCc2cncs2)cc1CO. The molecule has 2 N–H and O–H groups in total. The zero-order valence-corrected chi connectivity index (χ0v) is 12.9. The number of sulfonamides is 1. The third-order valence-electron chi connectivity index (χ3n) is 3.01. The second kappa shape index (κ2) is 6.01. The van der Waals surface area contributed by atoms with Crippen molar-refractivity contribution >= 4 is 21.4 Å². The summed E-state index contributed by atoms with van der Waals surface area (Å²) in [5.41, 5.74) is 3.82. The fourth-order valence-electron chi connectivity index (χ4n) is 1.91. The number of nitrogens with zero attached hydrogens (tertiary/aromatic N) is 1. The number of aryl methyl sites for hydroxylation is 2. The van der Waals surface area contributed by atoms with Crippen LogP contribution in [0.4, 0.5) is 0 Å². The minimum Gasteiger partial charge on any atom is -0.392 e. The summed E-state index contributed by atoms with van der Waals surface area (Å²) in [4.78, 5) is 4.96. The number of aliphatic hydroxyl groups is 1. The number of aliphatic hydroxyl groups excluding tert-OH is 1. The van der Waals surface area contributed by atoms with E-state index in [-0.39, 0.29) is 18.0 Å². The van der Waals surface area contributed by atoms with Crippen LogP contribution in [0.25, 0.3) is 0 Å². The van der Waals surface area contributed by atoms with Crippen molar-refractivity contribution in [1.82, 2.24) is 9.71 Å². The van der Waals surface area contributed by atoms with E-state index in [4.69, 9.17) is 0 Å². The van der Waals surface area contributed by atoms with Crippen LogP contribution in [0.2, 0.25) is 0 Å². The van der Waals surface area contributed by atoms with E-state index in [1.807, 2.05) is 6.92 Å². The summed E-state index contributed by atoms with van der Waals surface area (Å²) in [7, 11) is -3.60. The molecule has 5 nitrogen and oxygen atoms in total. The Kier molecular flexibility index (Phi) is 4.54. The summed E-state index contributed by atoms with van der Waals surface area (Å²) in [5, 5.41) is 9.26. The van der Waals surface area contributed by atoms with Crippen molar-refractivity contribution in [2.24, 2.45) is 0 Å². The van der Waals surface area contributed by atoms with Crippen molar-refractivity contribution in [3.63, 3.8) is 0 Å². The lowest BCUT2D eigenvalue weighted by molar-refractivity contribution is 0.280. The summed E-state index contributed by atoms with van der Waals surface area (Å²) in [6, 6.07) is 3.30. The molecule has 0 saturated carbocycles. The first-order valence-electron chi connectivity index (χ1n) is 6.02. The molecule has 0 spiro atoms. The van der Waals surface area contributed by atoms with E-state index in [1.54, 1.807) is 24.7 Å². The second-order valence-corrected chi connectivity index (χ2v) is 7.20. The number of rotatable bonds is 5. The van der Waals surface area contributed by atoms with E-state index >= 15 is 0 Å². The molecule has 108 valence electrons. The quantitative estimate of drug-likeness (QED) is 0.881. The van der Waals surface area contributed by atoms with Crippen molar-refractivity contribution < 1.29 is 13.5 Å². The van der Waals surface area contributed by atoms with Gasteiger partial charge in [-0.15, -0.1) is 11.3 Å². The Hall–Kier alpha value is -1.28. The molecular formula is C13H16N2O3S2. The normalized spacial score (nSPS) is 11.8. The molecule has 0 fully saturated rings. The molecule has 0 radical (unpaired) electrons. The van der Waals surface area contributed by atoms with Crippen molar-refractivity contribution in [2.45, 2.75) is 31.9 Å². The van der Waals surface area contributed by atoms with Gasteiger partial charge in [-0.2, -0.15) is 0 Å². The van der Waals surface area contributed by atoms with Crippen LogP contribution in [0.3, 0.4) is 0 Å². The third kappa shape index (κ3) is 3.24. The lowest BCUT2D eigenvalue weighted by atomic mass is 10.1. The first-order valence-corrected chi connectivity index (χ1v) is 8.38. The van der Waals surface area contributed by atoms with Gasteiger partial charge in [0.15, 0.2) is 0 Å². The standard InChI is InChI=1S/C13H16N2O3S2/c1-9-3-10(2)13(4-11(9)7-16)20(17,18)15-6-12-5-14-8-19-12/h3-5,8,15-16H,6-7H2,1-2H3. The number of benzene rings is 1. The van der Waals surface area contributed by atoms with Crippen molar-refractivity contribution in [2.75, 3.05) is 0 Å². The molecule has 20 heavy (non-hydrogen) atoms. The van der Waals surface area contributed by atoms with E-state index in [0.717, 1.165) is 10.4 Å². The molecule has 0 bridgehead atoms. The molecule has 7 heteroatoms. The van der Waals surface area contributed by atoms with Crippen LogP contribution in [-0.2, 0) is 23.2 Å². The number of hydrogen-bond acceptors (Lipinski definition) is 5. The summed E-state index contributed by atoms with van der Waals surface area (Å²) in [6.07, 6.45) is 1.63. The highest BCUT2D eigenvalue weighted by Gasteiger charge is 2.18. The van der Waals surface area contributed by atoms with Gasteiger partial charge < -0.3 is 5.11 Å². The second-order valence-electron chi connectivity index (χ2n) is 4.49. The lowest BCUT2D eigenvalue weighted by Gasteiger charge is -2.12. The summed E-state index contributed by atoms with van der Waals surface area (Å²) in [6.45, 7) is 3.63.